The van der Waals surface area contributed by atoms with Gasteiger partial charge in [-0.2, -0.15) is 0 Å². The first-order chi connectivity index (χ1) is 6.46. The molecule has 0 aromatic heterocycles. The van der Waals surface area contributed by atoms with E-state index in [0.717, 1.165) is 0 Å². The Morgan fingerprint density at radius 2 is 1.79 bits per heavy atom. The van der Waals surface area contributed by atoms with E-state index in [9.17, 15) is 8.42 Å². The average molecular weight is 363 g/mol. The van der Waals surface area contributed by atoms with Crippen LogP contribution in [0.25, 0.3) is 0 Å². The second kappa shape index (κ2) is 4.83. The lowest BCUT2D eigenvalue weighted by atomic mass is 10.3. The maximum absolute atomic E-state index is 11.2. The summed E-state index contributed by atoms with van der Waals surface area (Å²) >= 11 is 11.7. The SMILES string of the molecule is O=S(=O)(CCl)Nc1c(Br)cccc1Br. The highest BCUT2D eigenvalue weighted by Gasteiger charge is 2.12. The number of benzene rings is 1. The third kappa shape index (κ3) is 3.12. The molecule has 1 N–H and O–H groups in total. The lowest BCUT2D eigenvalue weighted by Crippen LogP contribution is -2.14. The standard InChI is InChI=1S/C7H6Br2ClNO2S/c8-5-2-1-3-6(9)7(5)11-14(12,13)4-10/h1-3,11H,4H2. The molecular formula is C7H6Br2ClNO2S. The minimum Gasteiger partial charge on any atom is -0.280 e. The third-order valence-electron chi connectivity index (χ3n) is 1.36. The summed E-state index contributed by atoms with van der Waals surface area (Å²) in [6.07, 6.45) is 0. The summed E-state index contributed by atoms with van der Waals surface area (Å²) in [7, 11) is -3.46. The number of rotatable bonds is 3. The van der Waals surface area contributed by atoms with Crippen LogP contribution in [-0.4, -0.2) is 13.6 Å². The quantitative estimate of drug-likeness (QED) is 0.839. The number of nitrogens with one attached hydrogen (secondary N) is 1. The van der Waals surface area contributed by atoms with Gasteiger partial charge in [-0.05, 0) is 44.0 Å². The molecule has 0 aliphatic carbocycles. The van der Waals surface area contributed by atoms with Gasteiger partial charge >= 0.3 is 0 Å². The topological polar surface area (TPSA) is 46.2 Å². The molecule has 3 nitrogen and oxygen atoms in total. The summed E-state index contributed by atoms with van der Waals surface area (Å²) in [5, 5.41) is -0.471. The molecule has 0 amide bonds. The number of halogens is 3. The van der Waals surface area contributed by atoms with E-state index in [4.69, 9.17) is 11.6 Å². The number of hydrogen-bond donors (Lipinski definition) is 1. The lowest BCUT2D eigenvalue weighted by molar-refractivity contribution is 0.605. The van der Waals surface area contributed by atoms with Gasteiger partial charge in [0.1, 0.15) is 5.21 Å². The molecule has 1 aromatic carbocycles. The largest absolute Gasteiger partial charge is 0.280 e. The normalized spacial score (nSPS) is 11.4. The van der Waals surface area contributed by atoms with Crippen molar-refractivity contribution >= 4 is 59.2 Å². The van der Waals surface area contributed by atoms with Crippen LogP contribution in [0.15, 0.2) is 27.1 Å². The van der Waals surface area contributed by atoms with Gasteiger partial charge in [-0.3, -0.25) is 4.72 Å². The molecule has 0 radical (unpaired) electrons. The van der Waals surface area contributed by atoms with Gasteiger partial charge in [0.15, 0.2) is 0 Å². The van der Waals surface area contributed by atoms with Gasteiger partial charge in [-0.25, -0.2) is 8.42 Å². The fourth-order valence-corrected chi connectivity index (χ4v) is 2.99. The Labute approximate surface area is 104 Å². The van der Waals surface area contributed by atoms with Crippen molar-refractivity contribution in [3.8, 4) is 0 Å². The predicted octanol–water partition coefficient (Wildman–Crippen LogP) is 3.15. The van der Waals surface area contributed by atoms with Gasteiger partial charge in [0.2, 0.25) is 10.0 Å². The highest BCUT2D eigenvalue weighted by atomic mass is 79.9. The second-order valence-electron chi connectivity index (χ2n) is 2.42. The smallest absolute Gasteiger partial charge is 0.246 e. The average Bonchev–Trinajstić information content (AvgIpc) is 2.12. The first-order valence-corrected chi connectivity index (χ1v) is 7.24. The van der Waals surface area contributed by atoms with E-state index in [1.165, 1.54) is 0 Å². The van der Waals surface area contributed by atoms with Gasteiger partial charge < -0.3 is 0 Å². The van der Waals surface area contributed by atoms with Crippen molar-refractivity contribution in [1.82, 2.24) is 0 Å². The first kappa shape index (κ1) is 12.3. The van der Waals surface area contributed by atoms with Crippen molar-refractivity contribution in [2.24, 2.45) is 0 Å². The number of sulfonamides is 1. The maximum Gasteiger partial charge on any atom is 0.246 e. The highest BCUT2D eigenvalue weighted by Crippen LogP contribution is 2.31. The summed E-state index contributed by atoms with van der Waals surface area (Å²) < 4.78 is 26.0. The van der Waals surface area contributed by atoms with Crippen molar-refractivity contribution in [2.45, 2.75) is 0 Å². The Balaban J connectivity index is 3.09. The van der Waals surface area contributed by atoms with Crippen LogP contribution in [0.2, 0.25) is 0 Å². The molecule has 0 aliphatic heterocycles. The second-order valence-corrected chi connectivity index (χ2v) is 6.44. The Bertz CT molecular complexity index is 415. The van der Waals surface area contributed by atoms with E-state index in [0.29, 0.717) is 14.6 Å². The molecule has 14 heavy (non-hydrogen) atoms. The number of alkyl halides is 1. The molecule has 78 valence electrons. The van der Waals surface area contributed by atoms with Crippen LogP contribution in [-0.2, 0) is 10.0 Å². The van der Waals surface area contributed by atoms with Gasteiger partial charge in [0.25, 0.3) is 0 Å². The fraction of sp³-hybridized carbons (Fsp3) is 0.143. The molecule has 1 rings (SSSR count). The summed E-state index contributed by atoms with van der Waals surface area (Å²) in [4.78, 5) is 0. The molecule has 0 fully saturated rings. The van der Waals surface area contributed by atoms with Gasteiger partial charge in [0.05, 0.1) is 5.69 Å². The van der Waals surface area contributed by atoms with Crippen LogP contribution in [0.3, 0.4) is 0 Å². The molecule has 7 heteroatoms. The van der Waals surface area contributed by atoms with Crippen LogP contribution in [0.1, 0.15) is 0 Å². The molecule has 0 saturated heterocycles. The first-order valence-electron chi connectivity index (χ1n) is 3.47. The van der Waals surface area contributed by atoms with Crippen LogP contribution in [0.5, 0.6) is 0 Å². The van der Waals surface area contributed by atoms with E-state index in [-0.39, 0.29) is 0 Å². The summed E-state index contributed by atoms with van der Waals surface area (Å²) in [6.45, 7) is 0. The number of hydrogen-bond acceptors (Lipinski definition) is 2. The fourth-order valence-electron chi connectivity index (χ4n) is 0.778. The molecule has 1 aromatic rings. The van der Waals surface area contributed by atoms with Crippen LogP contribution in [0, 0.1) is 0 Å². The van der Waals surface area contributed by atoms with Crippen molar-refractivity contribution in [1.29, 1.82) is 0 Å². The molecule has 0 aliphatic rings. The van der Waals surface area contributed by atoms with Gasteiger partial charge in [0, 0.05) is 8.95 Å². The maximum atomic E-state index is 11.2. The zero-order valence-corrected chi connectivity index (χ0v) is 11.5. The Hall–Kier alpha value is 0.220. The van der Waals surface area contributed by atoms with E-state index in [1.54, 1.807) is 18.2 Å². The number of para-hydroxylation sites is 1. The lowest BCUT2D eigenvalue weighted by Gasteiger charge is -2.09. The summed E-state index contributed by atoms with van der Waals surface area (Å²) in [5.41, 5.74) is 0.452. The van der Waals surface area contributed by atoms with Gasteiger partial charge in [-0.15, -0.1) is 11.6 Å². The summed E-state index contributed by atoms with van der Waals surface area (Å²) in [5.74, 6) is 0. The van der Waals surface area contributed by atoms with Crippen LogP contribution in [0.4, 0.5) is 5.69 Å². The highest BCUT2D eigenvalue weighted by molar-refractivity contribution is 9.11. The monoisotopic (exact) mass is 361 g/mol. The number of anilines is 1. The van der Waals surface area contributed by atoms with Crippen molar-refractivity contribution in [3.05, 3.63) is 27.1 Å². The predicted molar refractivity (Wildman–Crippen MR) is 65.1 cm³/mol. The zero-order valence-electron chi connectivity index (χ0n) is 6.80. The van der Waals surface area contributed by atoms with E-state index >= 15 is 0 Å². The Kier molecular flexibility index (Phi) is 4.24. The Morgan fingerprint density at radius 3 is 2.21 bits per heavy atom. The van der Waals surface area contributed by atoms with Crippen molar-refractivity contribution in [2.75, 3.05) is 9.93 Å². The van der Waals surface area contributed by atoms with E-state index in [2.05, 4.69) is 36.6 Å². The molecular weight excluding hydrogens is 357 g/mol. The van der Waals surface area contributed by atoms with Crippen molar-refractivity contribution in [3.63, 3.8) is 0 Å². The van der Waals surface area contributed by atoms with E-state index < -0.39 is 15.2 Å². The minimum atomic E-state index is -3.46. The Morgan fingerprint density at radius 1 is 1.29 bits per heavy atom. The molecule has 0 heterocycles. The molecule has 0 saturated carbocycles. The van der Waals surface area contributed by atoms with E-state index in [1.807, 2.05) is 0 Å². The molecule has 0 spiro atoms. The van der Waals surface area contributed by atoms with Gasteiger partial charge in [-0.1, -0.05) is 6.07 Å². The minimum absolute atomic E-state index is 0.452. The molecule has 0 atom stereocenters. The van der Waals surface area contributed by atoms with Crippen molar-refractivity contribution < 1.29 is 8.42 Å². The zero-order chi connectivity index (χ0) is 10.8. The van der Waals surface area contributed by atoms with Crippen LogP contribution >= 0.6 is 43.5 Å². The summed E-state index contributed by atoms with van der Waals surface area (Å²) in [6, 6.07) is 5.25. The molecule has 0 bridgehead atoms. The third-order valence-corrected chi connectivity index (χ3v) is 4.35. The molecule has 0 unspecified atom stereocenters. The van der Waals surface area contributed by atoms with Crippen LogP contribution < -0.4 is 4.72 Å².